The summed E-state index contributed by atoms with van der Waals surface area (Å²) in [5.41, 5.74) is 5.94. The van der Waals surface area contributed by atoms with Crippen molar-refractivity contribution in [2.75, 3.05) is 19.8 Å². The van der Waals surface area contributed by atoms with E-state index in [-0.39, 0.29) is 5.60 Å². The summed E-state index contributed by atoms with van der Waals surface area (Å²) in [6.45, 7) is 4.80. The molecule has 3 unspecified atom stereocenters. The first-order chi connectivity index (χ1) is 8.74. The predicted molar refractivity (Wildman–Crippen MR) is 73.6 cm³/mol. The molecule has 2 N–H and O–H groups in total. The molecule has 1 saturated carbocycles. The predicted octanol–water partition coefficient (Wildman–Crippen LogP) is 2.87. The molecule has 1 heterocycles. The van der Waals surface area contributed by atoms with Gasteiger partial charge in [-0.25, -0.2) is 0 Å². The minimum Gasteiger partial charge on any atom is -0.378 e. The Balaban J connectivity index is 1.66. The Bertz CT molecular complexity index is 241. The summed E-state index contributed by atoms with van der Waals surface area (Å²) >= 11 is 0. The standard InChI is InChI=1S/C15H29NO2/c1-13-5-2-8-15(11-13,12-16)18-10-4-7-14-6-3-9-17-14/h13-14H,2-12,16H2,1H3. The molecule has 0 bridgehead atoms. The van der Waals surface area contributed by atoms with E-state index in [1.165, 1.54) is 25.7 Å². The topological polar surface area (TPSA) is 44.5 Å². The molecule has 1 aliphatic heterocycles. The normalized spacial score (nSPS) is 37.0. The molecule has 1 saturated heterocycles. The fourth-order valence-corrected chi connectivity index (χ4v) is 3.46. The first-order valence-corrected chi connectivity index (χ1v) is 7.70. The number of hydrogen-bond acceptors (Lipinski definition) is 3. The fraction of sp³-hybridized carbons (Fsp3) is 1.00. The molecule has 2 aliphatic rings. The van der Waals surface area contributed by atoms with Gasteiger partial charge in [-0.1, -0.05) is 19.8 Å². The summed E-state index contributed by atoms with van der Waals surface area (Å²) in [5, 5.41) is 0. The van der Waals surface area contributed by atoms with Crippen LogP contribution in [0.2, 0.25) is 0 Å². The molecule has 2 fully saturated rings. The molecular weight excluding hydrogens is 226 g/mol. The molecule has 3 heteroatoms. The van der Waals surface area contributed by atoms with Crippen molar-refractivity contribution in [2.45, 2.75) is 70.0 Å². The highest BCUT2D eigenvalue weighted by Crippen LogP contribution is 2.34. The summed E-state index contributed by atoms with van der Waals surface area (Å²) in [7, 11) is 0. The van der Waals surface area contributed by atoms with Gasteiger partial charge in [0.25, 0.3) is 0 Å². The zero-order valence-electron chi connectivity index (χ0n) is 11.8. The zero-order chi connectivity index (χ0) is 12.8. The van der Waals surface area contributed by atoms with E-state index >= 15 is 0 Å². The van der Waals surface area contributed by atoms with Crippen LogP contribution in [0.5, 0.6) is 0 Å². The Morgan fingerprint density at radius 1 is 1.33 bits per heavy atom. The van der Waals surface area contributed by atoms with Gasteiger partial charge in [-0.05, 0) is 44.4 Å². The maximum atomic E-state index is 6.17. The van der Waals surface area contributed by atoms with Gasteiger partial charge >= 0.3 is 0 Å². The average Bonchev–Trinajstić information content (AvgIpc) is 2.88. The summed E-state index contributed by atoms with van der Waals surface area (Å²) in [6.07, 6.45) is 10.1. The minimum atomic E-state index is -0.0196. The van der Waals surface area contributed by atoms with E-state index in [0.717, 1.165) is 44.8 Å². The first kappa shape index (κ1) is 14.3. The Morgan fingerprint density at radius 2 is 2.22 bits per heavy atom. The van der Waals surface area contributed by atoms with Crippen molar-refractivity contribution in [3.8, 4) is 0 Å². The molecule has 0 aromatic rings. The van der Waals surface area contributed by atoms with Crippen molar-refractivity contribution < 1.29 is 9.47 Å². The van der Waals surface area contributed by atoms with E-state index in [4.69, 9.17) is 15.2 Å². The lowest BCUT2D eigenvalue weighted by atomic mass is 9.79. The maximum Gasteiger partial charge on any atom is 0.0806 e. The number of nitrogens with two attached hydrogens (primary N) is 1. The highest BCUT2D eigenvalue weighted by atomic mass is 16.5. The van der Waals surface area contributed by atoms with Crippen LogP contribution in [0, 0.1) is 5.92 Å². The van der Waals surface area contributed by atoms with Crippen LogP contribution in [0.15, 0.2) is 0 Å². The van der Waals surface area contributed by atoms with E-state index in [1.54, 1.807) is 0 Å². The second-order valence-electron chi connectivity index (χ2n) is 6.21. The maximum absolute atomic E-state index is 6.17. The van der Waals surface area contributed by atoms with E-state index in [0.29, 0.717) is 12.6 Å². The molecule has 2 rings (SSSR count). The van der Waals surface area contributed by atoms with Crippen molar-refractivity contribution in [1.29, 1.82) is 0 Å². The molecule has 0 aromatic carbocycles. The minimum absolute atomic E-state index is 0.0196. The molecule has 0 amide bonds. The lowest BCUT2D eigenvalue weighted by Gasteiger charge is -2.39. The van der Waals surface area contributed by atoms with E-state index < -0.39 is 0 Å². The molecule has 18 heavy (non-hydrogen) atoms. The molecule has 3 atom stereocenters. The van der Waals surface area contributed by atoms with E-state index in [1.807, 2.05) is 0 Å². The van der Waals surface area contributed by atoms with Crippen molar-refractivity contribution in [3.63, 3.8) is 0 Å². The Morgan fingerprint density at radius 3 is 2.89 bits per heavy atom. The lowest BCUT2D eigenvalue weighted by Crippen LogP contribution is -2.44. The van der Waals surface area contributed by atoms with Crippen LogP contribution in [-0.2, 0) is 9.47 Å². The average molecular weight is 255 g/mol. The van der Waals surface area contributed by atoms with Gasteiger partial charge in [0.2, 0.25) is 0 Å². The Hall–Kier alpha value is -0.120. The van der Waals surface area contributed by atoms with Gasteiger partial charge in [0.1, 0.15) is 0 Å². The summed E-state index contributed by atoms with van der Waals surface area (Å²) in [6, 6.07) is 0. The first-order valence-electron chi connectivity index (χ1n) is 7.70. The van der Waals surface area contributed by atoms with Crippen molar-refractivity contribution in [1.82, 2.24) is 0 Å². The van der Waals surface area contributed by atoms with Gasteiger partial charge in [-0.2, -0.15) is 0 Å². The van der Waals surface area contributed by atoms with Crippen LogP contribution in [0.3, 0.4) is 0 Å². The fourth-order valence-electron chi connectivity index (χ4n) is 3.46. The zero-order valence-corrected chi connectivity index (χ0v) is 11.8. The summed E-state index contributed by atoms with van der Waals surface area (Å²) < 4.78 is 11.8. The monoisotopic (exact) mass is 255 g/mol. The van der Waals surface area contributed by atoms with Crippen molar-refractivity contribution >= 4 is 0 Å². The second-order valence-corrected chi connectivity index (χ2v) is 6.21. The highest BCUT2D eigenvalue weighted by molar-refractivity contribution is 4.88. The largest absolute Gasteiger partial charge is 0.378 e. The highest BCUT2D eigenvalue weighted by Gasteiger charge is 2.34. The molecule has 0 aromatic heterocycles. The van der Waals surface area contributed by atoms with Crippen molar-refractivity contribution in [3.05, 3.63) is 0 Å². The van der Waals surface area contributed by atoms with Crippen LogP contribution >= 0.6 is 0 Å². The van der Waals surface area contributed by atoms with E-state index in [9.17, 15) is 0 Å². The van der Waals surface area contributed by atoms with Gasteiger partial charge in [0.05, 0.1) is 11.7 Å². The quantitative estimate of drug-likeness (QED) is 0.742. The van der Waals surface area contributed by atoms with Gasteiger partial charge in [-0.15, -0.1) is 0 Å². The van der Waals surface area contributed by atoms with Crippen LogP contribution in [0.1, 0.15) is 58.3 Å². The van der Waals surface area contributed by atoms with Crippen molar-refractivity contribution in [2.24, 2.45) is 11.7 Å². The molecule has 106 valence electrons. The Kier molecular flexibility index (Phi) is 5.46. The van der Waals surface area contributed by atoms with Gasteiger partial charge in [0, 0.05) is 19.8 Å². The van der Waals surface area contributed by atoms with Gasteiger partial charge in [0.15, 0.2) is 0 Å². The van der Waals surface area contributed by atoms with Crippen LogP contribution in [-0.4, -0.2) is 31.5 Å². The summed E-state index contributed by atoms with van der Waals surface area (Å²) in [4.78, 5) is 0. The number of rotatable bonds is 6. The number of hydrogen-bond donors (Lipinski definition) is 1. The third kappa shape index (κ3) is 3.94. The van der Waals surface area contributed by atoms with Gasteiger partial charge < -0.3 is 15.2 Å². The number of ether oxygens (including phenoxy) is 2. The van der Waals surface area contributed by atoms with Crippen LogP contribution in [0.4, 0.5) is 0 Å². The molecule has 3 nitrogen and oxygen atoms in total. The molecule has 0 spiro atoms. The Labute approximate surface area is 111 Å². The van der Waals surface area contributed by atoms with Gasteiger partial charge in [-0.3, -0.25) is 0 Å². The SMILES string of the molecule is CC1CCCC(CN)(OCCCC2CCCO2)C1. The van der Waals surface area contributed by atoms with Crippen LogP contribution < -0.4 is 5.73 Å². The third-order valence-corrected chi connectivity index (χ3v) is 4.52. The second kappa shape index (κ2) is 6.88. The van der Waals surface area contributed by atoms with E-state index in [2.05, 4.69) is 6.92 Å². The lowest BCUT2D eigenvalue weighted by molar-refractivity contribution is -0.0772. The third-order valence-electron chi connectivity index (χ3n) is 4.52. The van der Waals surface area contributed by atoms with Crippen LogP contribution in [0.25, 0.3) is 0 Å². The summed E-state index contributed by atoms with van der Waals surface area (Å²) in [5.74, 6) is 0.764. The molecule has 0 radical (unpaired) electrons. The molecule has 1 aliphatic carbocycles. The smallest absolute Gasteiger partial charge is 0.0806 e. The molecular formula is C15H29NO2.